The fraction of sp³-hybridized carbons (Fsp3) is 0.333. The van der Waals surface area contributed by atoms with E-state index in [4.69, 9.17) is 4.42 Å². The minimum absolute atomic E-state index is 0.402. The van der Waals surface area contributed by atoms with Crippen molar-refractivity contribution in [2.45, 2.75) is 19.4 Å². The summed E-state index contributed by atoms with van der Waals surface area (Å²) in [5.41, 5.74) is 2.61. The normalized spacial score (nSPS) is 12.9. The maximum Gasteiger partial charge on any atom is 0.0935 e. The van der Waals surface area contributed by atoms with Crippen molar-refractivity contribution in [2.75, 3.05) is 6.54 Å². The van der Waals surface area contributed by atoms with Crippen LogP contribution >= 0.6 is 11.3 Å². The molecule has 2 heterocycles. The number of furan rings is 1. The van der Waals surface area contributed by atoms with Gasteiger partial charge in [0.25, 0.3) is 0 Å². The molecule has 0 fully saturated rings. The van der Waals surface area contributed by atoms with Gasteiger partial charge in [0.2, 0.25) is 0 Å². The van der Waals surface area contributed by atoms with Crippen molar-refractivity contribution in [1.82, 2.24) is 5.32 Å². The lowest BCUT2D eigenvalue weighted by Gasteiger charge is -2.15. The first-order valence-corrected chi connectivity index (χ1v) is 6.11. The molecule has 1 unspecified atom stereocenters. The molecule has 0 saturated carbocycles. The average Bonchev–Trinajstić information content (AvgIpc) is 2.89. The van der Waals surface area contributed by atoms with E-state index in [0.717, 1.165) is 13.0 Å². The minimum atomic E-state index is 0.402. The largest absolute Gasteiger partial charge is 0.472 e. The van der Waals surface area contributed by atoms with Crippen LogP contribution in [0, 0.1) is 0 Å². The first-order chi connectivity index (χ1) is 7.40. The molecule has 80 valence electrons. The monoisotopic (exact) mass is 221 g/mol. The first-order valence-electron chi connectivity index (χ1n) is 5.16. The molecule has 1 N–H and O–H groups in total. The topological polar surface area (TPSA) is 25.2 Å². The van der Waals surface area contributed by atoms with Gasteiger partial charge >= 0.3 is 0 Å². The van der Waals surface area contributed by atoms with E-state index in [9.17, 15) is 0 Å². The third kappa shape index (κ3) is 2.70. The number of rotatable bonds is 5. The molecule has 0 spiro atoms. The molecule has 0 amide bonds. The van der Waals surface area contributed by atoms with Crippen LogP contribution in [-0.2, 0) is 6.42 Å². The standard InChI is InChI=1S/C12H15NOS/c1-2-13-12(11-4-6-15-9-11)7-10-3-5-14-8-10/h3-6,8-9,12-13H,2,7H2,1H3. The Bertz CT molecular complexity index is 366. The molecule has 3 heteroatoms. The van der Waals surface area contributed by atoms with Crippen molar-refractivity contribution < 1.29 is 4.42 Å². The highest BCUT2D eigenvalue weighted by Gasteiger charge is 2.11. The fourth-order valence-corrected chi connectivity index (χ4v) is 2.39. The predicted octanol–water partition coefficient (Wildman–Crippen LogP) is 3.23. The molecule has 0 aromatic carbocycles. The molecule has 0 saturated heterocycles. The molecule has 15 heavy (non-hydrogen) atoms. The third-order valence-corrected chi connectivity index (χ3v) is 3.12. The Hall–Kier alpha value is -1.06. The van der Waals surface area contributed by atoms with Crippen molar-refractivity contribution in [2.24, 2.45) is 0 Å². The quantitative estimate of drug-likeness (QED) is 0.838. The SMILES string of the molecule is CCNC(Cc1ccoc1)c1ccsc1. The Morgan fingerprint density at radius 1 is 1.47 bits per heavy atom. The Morgan fingerprint density at radius 2 is 2.40 bits per heavy atom. The molecule has 0 aliphatic heterocycles. The highest BCUT2D eigenvalue weighted by Crippen LogP contribution is 2.20. The molecular formula is C12H15NOS. The van der Waals surface area contributed by atoms with E-state index < -0.39 is 0 Å². The molecule has 0 radical (unpaired) electrons. The summed E-state index contributed by atoms with van der Waals surface area (Å²) >= 11 is 1.74. The van der Waals surface area contributed by atoms with Crippen LogP contribution in [-0.4, -0.2) is 6.54 Å². The van der Waals surface area contributed by atoms with Gasteiger partial charge in [-0.2, -0.15) is 11.3 Å². The second-order valence-electron chi connectivity index (χ2n) is 3.50. The van der Waals surface area contributed by atoms with Crippen LogP contribution < -0.4 is 5.32 Å². The van der Waals surface area contributed by atoms with E-state index >= 15 is 0 Å². The Morgan fingerprint density at radius 3 is 3.00 bits per heavy atom. The molecule has 2 rings (SSSR count). The molecule has 0 bridgehead atoms. The molecule has 2 nitrogen and oxygen atoms in total. The number of hydrogen-bond acceptors (Lipinski definition) is 3. The van der Waals surface area contributed by atoms with Gasteiger partial charge < -0.3 is 9.73 Å². The van der Waals surface area contributed by atoms with E-state index in [2.05, 4.69) is 29.1 Å². The lowest BCUT2D eigenvalue weighted by atomic mass is 10.0. The Balaban J connectivity index is 2.07. The zero-order valence-corrected chi connectivity index (χ0v) is 9.59. The first kappa shape index (κ1) is 10.5. The van der Waals surface area contributed by atoms with E-state index in [1.807, 2.05) is 12.3 Å². The van der Waals surface area contributed by atoms with Crippen molar-refractivity contribution in [3.05, 3.63) is 46.5 Å². The van der Waals surface area contributed by atoms with Gasteiger partial charge in [-0.15, -0.1) is 0 Å². The number of likely N-dealkylation sites (N-methyl/N-ethyl adjacent to an activating group) is 1. The minimum Gasteiger partial charge on any atom is -0.472 e. The second kappa shape index (κ2) is 5.14. The number of thiophene rings is 1. The van der Waals surface area contributed by atoms with E-state index in [1.165, 1.54) is 11.1 Å². The molecule has 1 atom stereocenters. The van der Waals surface area contributed by atoms with Crippen LogP contribution in [0.4, 0.5) is 0 Å². The summed E-state index contributed by atoms with van der Waals surface area (Å²) in [6.45, 7) is 3.12. The summed E-state index contributed by atoms with van der Waals surface area (Å²) in [5.74, 6) is 0. The van der Waals surface area contributed by atoms with E-state index in [1.54, 1.807) is 17.6 Å². The van der Waals surface area contributed by atoms with E-state index in [0.29, 0.717) is 6.04 Å². The van der Waals surface area contributed by atoms with Crippen molar-refractivity contribution in [1.29, 1.82) is 0 Å². The van der Waals surface area contributed by atoms with Gasteiger partial charge in [-0.3, -0.25) is 0 Å². The van der Waals surface area contributed by atoms with Gasteiger partial charge in [-0.1, -0.05) is 6.92 Å². The molecule has 2 aromatic rings. The van der Waals surface area contributed by atoms with Gasteiger partial charge in [0.05, 0.1) is 12.5 Å². The summed E-state index contributed by atoms with van der Waals surface area (Å²) in [6.07, 6.45) is 4.53. The summed E-state index contributed by atoms with van der Waals surface area (Å²) in [5, 5.41) is 7.81. The fourth-order valence-electron chi connectivity index (χ4n) is 1.67. The van der Waals surface area contributed by atoms with Crippen LogP contribution in [0.3, 0.4) is 0 Å². The zero-order chi connectivity index (χ0) is 10.5. The van der Waals surface area contributed by atoms with Gasteiger partial charge in [0.1, 0.15) is 0 Å². The zero-order valence-electron chi connectivity index (χ0n) is 8.77. The lowest BCUT2D eigenvalue weighted by molar-refractivity contribution is 0.536. The van der Waals surface area contributed by atoms with Gasteiger partial charge in [0.15, 0.2) is 0 Å². The molecular weight excluding hydrogens is 206 g/mol. The van der Waals surface area contributed by atoms with Crippen LogP contribution in [0.1, 0.15) is 24.1 Å². The summed E-state index contributed by atoms with van der Waals surface area (Å²) < 4.78 is 5.09. The summed E-state index contributed by atoms with van der Waals surface area (Å²) in [4.78, 5) is 0. The molecule has 2 aromatic heterocycles. The number of hydrogen-bond donors (Lipinski definition) is 1. The Labute approximate surface area is 93.9 Å². The Kier molecular flexibility index (Phi) is 3.59. The maximum absolute atomic E-state index is 5.09. The van der Waals surface area contributed by atoms with Crippen LogP contribution in [0.15, 0.2) is 39.8 Å². The highest BCUT2D eigenvalue weighted by molar-refractivity contribution is 7.07. The number of nitrogens with one attached hydrogen (secondary N) is 1. The average molecular weight is 221 g/mol. The van der Waals surface area contributed by atoms with Gasteiger partial charge in [-0.05, 0) is 47.0 Å². The lowest BCUT2D eigenvalue weighted by Crippen LogP contribution is -2.22. The van der Waals surface area contributed by atoms with Crippen molar-refractivity contribution >= 4 is 11.3 Å². The molecule has 0 aliphatic rings. The smallest absolute Gasteiger partial charge is 0.0935 e. The van der Waals surface area contributed by atoms with Gasteiger partial charge in [-0.25, -0.2) is 0 Å². The van der Waals surface area contributed by atoms with Crippen molar-refractivity contribution in [3.63, 3.8) is 0 Å². The summed E-state index contributed by atoms with van der Waals surface area (Å²) in [6, 6.07) is 4.60. The van der Waals surface area contributed by atoms with Crippen LogP contribution in [0.5, 0.6) is 0 Å². The van der Waals surface area contributed by atoms with Crippen LogP contribution in [0.2, 0.25) is 0 Å². The molecule has 0 aliphatic carbocycles. The predicted molar refractivity (Wildman–Crippen MR) is 63.1 cm³/mol. The highest BCUT2D eigenvalue weighted by atomic mass is 32.1. The van der Waals surface area contributed by atoms with E-state index in [-0.39, 0.29) is 0 Å². The maximum atomic E-state index is 5.09. The third-order valence-electron chi connectivity index (χ3n) is 2.42. The second-order valence-corrected chi connectivity index (χ2v) is 4.28. The van der Waals surface area contributed by atoms with Crippen LogP contribution in [0.25, 0.3) is 0 Å². The van der Waals surface area contributed by atoms with Gasteiger partial charge in [0, 0.05) is 6.04 Å². The van der Waals surface area contributed by atoms with Crippen molar-refractivity contribution in [3.8, 4) is 0 Å². The summed E-state index contributed by atoms with van der Waals surface area (Å²) in [7, 11) is 0.